The summed E-state index contributed by atoms with van der Waals surface area (Å²) in [5.41, 5.74) is -2.68. The molecule has 2 heterocycles. The number of phenolic OH excluding ortho intramolecular Hbond substituents is 1. The number of halogens is 1. The molecule has 2 saturated heterocycles. The highest BCUT2D eigenvalue weighted by Gasteiger charge is 2.65. The molecular weight excluding hydrogens is 418 g/mol. The topological polar surface area (TPSA) is 119 Å². The molecule has 2 aliphatic rings. The number of phenols is 1. The molecule has 0 radical (unpaired) electrons. The zero-order valence-corrected chi connectivity index (χ0v) is 16.0. The Labute approximate surface area is 174 Å². The number of rotatable bonds is 2. The molecule has 2 fully saturated rings. The van der Waals surface area contributed by atoms with Crippen molar-refractivity contribution in [1.82, 2.24) is 10.6 Å². The summed E-state index contributed by atoms with van der Waals surface area (Å²) in [7, 11) is 0. The van der Waals surface area contributed by atoms with Crippen molar-refractivity contribution in [3.05, 3.63) is 64.7 Å². The molecule has 4 rings (SSSR count). The fourth-order valence-corrected chi connectivity index (χ4v) is 3.81. The molecule has 1 spiro atoms. The van der Waals surface area contributed by atoms with Gasteiger partial charge in [-0.25, -0.2) is 0 Å². The van der Waals surface area contributed by atoms with Crippen LogP contribution in [-0.4, -0.2) is 38.6 Å². The standard InChI is InChI=1S/C19H12ClN3O5S/c20-10-6-7-12(24)11(8-10)23-16(27)15(26)13(14(25)9-4-2-1-3-5-9)19(23)17(28)21-18(29)22-19/h1-8,24-25H,(H2,21,22,28,29)/b14-13-. The van der Waals surface area contributed by atoms with Gasteiger partial charge in [0.25, 0.3) is 11.7 Å². The summed E-state index contributed by atoms with van der Waals surface area (Å²) < 4.78 is 0. The van der Waals surface area contributed by atoms with E-state index >= 15 is 0 Å². The Balaban J connectivity index is 2.05. The van der Waals surface area contributed by atoms with Crippen LogP contribution in [0.25, 0.3) is 5.76 Å². The molecule has 2 aromatic rings. The molecule has 10 heteroatoms. The quantitative estimate of drug-likeness (QED) is 0.248. The molecule has 1 unspecified atom stereocenters. The van der Waals surface area contributed by atoms with Crippen LogP contribution in [0, 0.1) is 0 Å². The van der Waals surface area contributed by atoms with E-state index in [0.29, 0.717) is 0 Å². The molecule has 8 nitrogen and oxygen atoms in total. The molecule has 2 aliphatic heterocycles. The maximum absolute atomic E-state index is 13.0. The monoisotopic (exact) mass is 429 g/mol. The SMILES string of the molecule is O=C1C(=O)N(c2cc(Cl)ccc2O)C2(NC(=S)NC2=O)/C1=C(\O)c1ccccc1. The Hall–Kier alpha value is -3.43. The second-order valence-corrected chi connectivity index (χ2v) is 7.16. The van der Waals surface area contributed by atoms with Gasteiger partial charge in [0.15, 0.2) is 5.11 Å². The number of amides is 2. The van der Waals surface area contributed by atoms with Crippen molar-refractivity contribution in [2.75, 3.05) is 4.90 Å². The predicted octanol–water partition coefficient (Wildman–Crippen LogP) is 1.63. The van der Waals surface area contributed by atoms with E-state index < -0.39 is 40.3 Å². The molecule has 146 valence electrons. The van der Waals surface area contributed by atoms with Gasteiger partial charge in [0.1, 0.15) is 17.1 Å². The van der Waals surface area contributed by atoms with E-state index in [1.165, 1.54) is 30.3 Å². The Morgan fingerprint density at radius 3 is 2.41 bits per heavy atom. The number of aliphatic hydroxyl groups excluding tert-OH is 1. The third-order valence-corrected chi connectivity index (χ3v) is 5.07. The average molecular weight is 430 g/mol. The molecule has 1 atom stereocenters. The highest BCUT2D eigenvalue weighted by atomic mass is 35.5. The lowest BCUT2D eigenvalue weighted by Gasteiger charge is -2.32. The summed E-state index contributed by atoms with van der Waals surface area (Å²) in [4.78, 5) is 39.6. The van der Waals surface area contributed by atoms with Gasteiger partial charge in [-0.15, -0.1) is 0 Å². The van der Waals surface area contributed by atoms with Crippen molar-refractivity contribution < 1.29 is 24.6 Å². The van der Waals surface area contributed by atoms with E-state index in [9.17, 15) is 24.6 Å². The van der Waals surface area contributed by atoms with Crippen LogP contribution >= 0.6 is 23.8 Å². The van der Waals surface area contributed by atoms with Crippen LogP contribution in [-0.2, 0) is 14.4 Å². The average Bonchev–Trinajstić information content (AvgIpc) is 3.10. The minimum Gasteiger partial charge on any atom is -0.507 e. The van der Waals surface area contributed by atoms with Gasteiger partial charge in [-0.05, 0) is 30.4 Å². The van der Waals surface area contributed by atoms with Crippen LogP contribution in [0.3, 0.4) is 0 Å². The normalized spacial score (nSPS) is 22.9. The van der Waals surface area contributed by atoms with Crippen LogP contribution in [0.5, 0.6) is 5.75 Å². The van der Waals surface area contributed by atoms with Crippen LogP contribution in [0.2, 0.25) is 5.02 Å². The van der Waals surface area contributed by atoms with Gasteiger partial charge in [-0.1, -0.05) is 41.9 Å². The number of thiocarbonyl (C=S) groups is 1. The van der Waals surface area contributed by atoms with Gasteiger partial charge < -0.3 is 15.5 Å². The first-order valence-electron chi connectivity index (χ1n) is 8.27. The number of benzene rings is 2. The highest BCUT2D eigenvalue weighted by Crippen LogP contribution is 2.44. The number of hydrogen-bond acceptors (Lipinski definition) is 6. The number of nitrogens with zero attached hydrogens (tertiary/aromatic N) is 1. The van der Waals surface area contributed by atoms with E-state index in [2.05, 4.69) is 10.6 Å². The predicted molar refractivity (Wildman–Crippen MR) is 108 cm³/mol. The number of aromatic hydroxyl groups is 1. The van der Waals surface area contributed by atoms with Gasteiger partial charge in [0.05, 0.1) is 5.69 Å². The summed E-state index contributed by atoms with van der Waals surface area (Å²) in [6.07, 6.45) is 0. The number of carbonyl (C=O) groups excluding carboxylic acids is 3. The molecule has 4 N–H and O–H groups in total. The Kier molecular flexibility index (Phi) is 4.29. The van der Waals surface area contributed by atoms with E-state index in [1.807, 2.05) is 0 Å². The van der Waals surface area contributed by atoms with E-state index in [-0.39, 0.29) is 21.4 Å². The zero-order chi connectivity index (χ0) is 20.9. The van der Waals surface area contributed by atoms with Gasteiger partial charge in [0, 0.05) is 10.6 Å². The Morgan fingerprint density at radius 1 is 1.10 bits per heavy atom. The number of carbonyl (C=O) groups is 3. The van der Waals surface area contributed by atoms with Crippen molar-refractivity contribution >= 4 is 58.0 Å². The fourth-order valence-electron chi connectivity index (χ4n) is 3.40. The van der Waals surface area contributed by atoms with Crippen LogP contribution in [0.15, 0.2) is 54.1 Å². The lowest BCUT2D eigenvalue weighted by molar-refractivity contribution is -0.132. The highest BCUT2D eigenvalue weighted by molar-refractivity contribution is 7.80. The number of nitrogens with one attached hydrogen (secondary N) is 2. The summed E-state index contributed by atoms with van der Waals surface area (Å²) in [6, 6.07) is 11.8. The molecule has 29 heavy (non-hydrogen) atoms. The first kappa shape index (κ1) is 18.9. The first-order chi connectivity index (χ1) is 13.8. The third-order valence-electron chi connectivity index (χ3n) is 4.63. The number of aliphatic hydroxyl groups is 1. The maximum atomic E-state index is 13.0. The number of hydrogen-bond donors (Lipinski definition) is 4. The van der Waals surface area contributed by atoms with Crippen LogP contribution in [0.1, 0.15) is 5.56 Å². The van der Waals surface area contributed by atoms with Gasteiger partial charge in [0.2, 0.25) is 5.66 Å². The van der Waals surface area contributed by atoms with Gasteiger partial charge in [-0.3, -0.25) is 24.6 Å². The summed E-state index contributed by atoms with van der Waals surface area (Å²) in [5.74, 6) is -4.10. The second kappa shape index (κ2) is 6.57. The largest absolute Gasteiger partial charge is 0.507 e. The third kappa shape index (κ3) is 2.66. The molecule has 2 aromatic carbocycles. The zero-order valence-electron chi connectivity index (χ0n) is 14.5. The molecular formula is C19H12ClN3O5S. The van der Waals surface area contributed by atoms with Crippen molar-refractivity contribution in [3.63, 3.8) is 0 Å². The molecule has 2 amide bonds. The van der Waals surface area contributed by atoms with Gasteiger partial charge in [-0.2, -0.15) is 0 Å². The molecule has 0 saturated carbocycles. The van der Waals surface area contributed by atoms with E-state index in [0.717, 1.165) is 4.90 Å². The van der Waals surface area contributed by atoms with Crippen molar-refractivity contribution in [3.8, 4) is 5.75 Å². The van der Waals surface area contributed by atoms with Crippen molar-refractivity contribution in [1.29, 1.82) is 0 Å². The lowest BCUT2D eigenvalue weighted by atomic mass is 9.95. The minimum atomic E-state index is -2.19. The number of anilines is 1. The summed E-state index contributed by atoms with van der Waals surface area (Å²) in [5, 5.41) is 26.1. The maximum Gasteiger partial charge on any atom is 0.302 e. The molecule has 0 aliphatic carbocycles. The van der Waals surface area contributed by atoms with Crippen molar-refractivity contribution in [2.45, 2.75) is 5.66 Å². The van der Waals surface area contributed by atoms with Crippen molar-refractivity contribution in [2.24, 2.45) is 0 Å². The first-order valence-corrected chi connectivity index (χ1v) is 9.06. The summed E-state index contributed by atoms with van der Waals surface area (Å²) >= 11 is 11.0. The minimum absolute atomic E-state index is 0.151. The number of Topliss-reactive ketones (excluding diaryl/α,β-unsaturated/α-hetero) is 1. The lowest BCUT2D eigenvalue weighted by Crippen LogP contribution is -2.59. The Morgan fingerprint density at radius 2 is 1.79 bits per heavy atom. The van der Waals surface area contributed by atoms with Crippen LogP contribution in [0.4, 0.5) is 5.69 Å². The summed E-state index contributed by atoms with van der Waals surface area (Å²) in [6.45, 7) is 0. The van der Waals surface area contributed by atoms with Crippen LogP contribution < -0.4 is 15.5 Å². The smallest absolute Gasteiger partial charge is 0.302 e. The van der Waals surface area contributed by atoms with E-state index in [1.54, 1.807) is 18.2 Å². The fraction of sp³-hybridized carbons (Fsp3) is 0.0526. The number of ketones is 1. The molecule has 0 aromatic heterocycles. The van der Waals surface area contributed by atoms with Gasteiger partial charge >= 0.3 is 5.91 Å². The second-order valence-electron chi connectivity index (χ2n) is 6.31. The Bertz CT molecular complexity index is 1130. The van der Waals surface area contributed by atoms with E-state index in [4.69, 9.17) is 23.8 Å². The molecule has 0 bridgehead atoms.